The lowest BCUT2D eigenvalue weighted by Crippen LogP contribution is -2.06. The fraction of sp³-hybridized carbons (Fsp3) is 0.192. The lowest BCUT2D eigenvalue weighted by Gasteiger charge is -2.13. The summed E-state index contributed by atoms with van der Waals surface area (Å²) in [5, 5.41) is 9.38. The first-order valence-corrected chi connectivity index (χ1v) is 10.4. The quantitative estimate of drug-likeness (QED) is 0.439. The zero-order valence-electron chi connectivity index (χ0n) is 17.6. The van der Waals surface area contributed by atoms with Crippen LogP contribution in [0.1, 0.15) is 40.6 Å². The number of benzene rings is 2. The summed E-state index contributed by atoms with van der Waals surface area (Å²) in [6.45, 7) is 5.32. The molecule has 4 aromatic rings. The maximum absolute atomic E-state index is 9.38. The second-order valence-electron chi connectivity index (χ2n) is 7.73. The minimum absolute atomic E-state index is 0.477. The van der Waals surface area contributed by atoms with Gasteiger partial charge in [-0.1, -0.05) is 43.3 Å². The Bertz CT molecular complexity index is 1370. The summed E-state index contributed by atoms with van der Waals surface area (Å²) in [7, 11) is 0. The van der Waals surface area contributed by atoms with Crippen molar-refractivity contribution in [3.63, 3.8) is 0 Å². The molecule has 1 aliphatic rings. The summed E-state index contributed by atoms with van der Waals surface area (Å²) in [5.41, 5.74) is 8.07. The Hall–Kier alpha value is -3.91. The number of hydrogen-bond donors (Lipinski definition) is 0. The third-order valence-electron chi connectivity index (χ3n) is 5.81. The molecule has 5 heteroatoms. The van der Waals surface area contributed by atoms with Crippen molar-refractivity contribution in [3.8, 4) is 11.8 Å². The number of pyridine rings is 1. The summed E-state index contributed by atoms with van der Waals surface area (Å²) >= 11 is 0. The minimum atomic E-state index is 0.477. The van der Waals surface area contributed by atoms with Crippen molar-refractivity contribution in [1.29, 1.82) is 5.26 Å². The van der Waals surface area contributed by atoms with E-state index in [0.29, 0.717) is 13.2 Å². The molecule has 31 heavy (non-hydrogen) atoms. The van der Waals surface area contributed by atoms with Crippen LogP contribution in [0.5, 0.6) is 5.75 Å². The molecule has 0 spiro atoms. The van der Waals surface area contributed by atoms with Gasteiger partial charge in [-0.2, -0.15) is 5.26 Å². The number of aryl methyl sites for hydroxylation is 2. The van der Waals surface area contributed by atoms with Crippen molar-refractivity contribution < 1.29 is 4.74 Å². The Kier molecular flexibility index (Phi) is 4.76. The summed E-state index contributed by atoms with van der Waals surface area (Å²) in [6.07, 6.45) is 4.28. The highest BCUT2D eigenvalue weighted by atomic mass is 16.5. The molecule has 0 fully saturated rings. The first kappa shape index (κ1) is 19.1. The number of allylic oxidation sites excluding steroid dienone is 1. The van der Waals surface area contributed by atoms with Gasteiger partial charge in [0.25, 0.3) is 0 Å². The van der Waals surface area contributed by atoms with Crippen LogP contribution in [0.15, 0.2) is 60.8 Å². The van der Waals surface area contributed by atoms with Crippen molar-refractivity contribution in [3.05, 3.63) is 94.4 Å². The van der Waals surface area contributed by atoms with Gasteiger partial charge in [-0.05, 0) is 41.3 Å². The third-order valence-corrected chi connectivity index (χ3v) is 5.81. The van der Waals surface area contributed by atoms with Crippen LogP contribution < -0.4 is 4.74 Å². The third kappa shape index (κ3) is 3.27. The second-order valence-corrected chi connectivity index (χ2v) is 7.73. The van der Waals surface area contributed by atoms with Crippen LogP contribution in [0.3, 0.4) is 0 Å². The van der Waals surface area contributed by atoms with E-state index in [1.807, 2.05) is 36.5 Å². The maximum atomic E-state index is 9.38. The topological polar surface area (TPSA) is 63.7 Å². The molecule has 1 aliphatic heterocycles. The molecule has 0 bridgehead atoms. The number of nitrogens with zero attached hydrogens (tertiary/aromatic N) is 4. The lowest BCUT2D eigenvalue weighted by molar-refractivity contribution is 0.307. The Morgan fingerprint density at radius 2 is 2.03 bits per heavy atom. The van der Waals surface area contributed by atoms with Gasteiger partial charge in [0.15, 0.2) is 5.65 Å². The fourth-order valence-electron chi connectivity index (χ4n) is 4.24. The number of hydrogen-bond acceptors (Lipinski definition) is 4. The molecule has 3 heterocycles. The highest BCUT2D eigenvalue weighted by molar-refractivity contribution is 5.86. The lowest BCUT2D eigenvalue weighted by atomic mass is 9.93. The summed E-state index contributed by atoms with van der Waals surface area (Å²) in [4.78, 5) is 9.41. The van der Waals surface area contributed by atoms with Crippen LogP contribution in [0, 0.1) is 18.3 Å². The SMILES string of the molecule is CCc1nc2c(C)ccnc2n1Cc1ccc2c(c1)OCc1ccccc1/C2=C\C#N. The van der Waals surface area contributed by atoms with Crippen LogP contribution in [-0.2, 0) is 19.6 Å². The van der Waals surface area contributed by atoms with E-state index in [9.17, 15) is 5.26 Å². The van der Waals surface area contributed by atoms with Crippen LogP contribution in [0.2, 0.25) is 0 Å². The molecule has 5 rings (SSSR count). The molecule has 2 aromatic carbocycles. The van der Waals surface area contributed by atoms with Gasteiger partial charge in [-0.3, -0.25) is 0 Å². The molecule has 0 saturated heterocycles. The number of nitriles is 1. The van der Waals surface area contributed by atoms with E-state index < -0.39 is 0 Å². The molecule has 152 valence electrons. The first-order chi connectivity index (χ1) is 15.2. The molecule has 0 unspecified atom stereocenters. The Balaban J connectivity index is 1.58. The van der Waals surface area contributed by atoms with Crippen molar-refractivity contribution in [2.45, 2.75) is 33.4 Å². The minimum Gasteiger partial charge on any atom is -0.488 e. The van der Waals surface area contributed by atoms with Crippen LogP contribution >= 0.6 is 0 Å². The zero-order chi connectivity index (χ0) is 21.4. The van der Waals surface area contributed by atoms with Gasteiger partial charge in [0.1, 0.15) is 23.7 Å². The van der Waals surface area contributed by atoms with E-state index in [1.54, 1.807) is 6.08 Å². The number of ether oxygens (including phenoxy) is 1. The van der Waals surface area contributed by atoms with E-state index in [1.165, 1.54) is 0 Å². The summed E-state index contributed by atoms with van der Waals surface area (Å²) < 4.78 is 8.37. The van der Waals surface area contributed by atoms with Crippen molar-refractivity contribution >= 4 is 16.7 Å². The predicted octanol–water partition coefficient (Wildman–Crippen LogP) is 5.20. The molecule has 2 aromatic heterocycles. The van der Waals surface area contributed by atoms with Crippen molar-refractivity contribution in [1.82, 2.24) is 14.5 Å². The normalized spacial score (nSPS) is 13.9. The second kappa shape index (κ2) is 7.73. The van der Waals surface area contributed by atoms with Gasteiger partial charge in [-0.15, -0.1) is 0 Å². The summed E-state index contributed by atoms with van der Waals surface area (Å²) in [5.74, 6) is 1.81. The number of aromatic nitrogens is 3. The molecule has 0 atom stereocenters. The van der Waals surface area contributed by atoms with Gasteiger partial charge >= 0.3 is 0 Å². The summed E-state index contributed by atoms with van der Waals surface area (Å²) in [6, 6.07) is 18.5. The van der Waals surface area contributed by atoms with E-state index in [-0.39, 0.29) is 0 Å². The monoisotopic (exact) mass is 406 g/mol. The molecule has 0 N–H and O–H groups in total. The van der Waals surface area contributed by atoms with Gasteiger partial charge in [0.2, 0.25) is 0 Å². The van der Waals surface area contributed by atoms with E-state index in [2.05, 4.69) is 47.7 Å². The van der Waals surface area contributed by atoms with Crippen molar-refractivity contribution in [2.24, 2.45) is 0 Å². The van der Waals surface area contributed by atoms with E-state index >= 15 is 0 Å². The van der Waals surface area contributed by atoms with Crippen molar-refractivity contribution in [2.75, 3.05) is 0 Å². The average molecular weight is 406 g/mol. The highest BCUT2D eigenvalue weighted by Crippen LogP contribution is 2.37. The largest absolute Gasteiger partial charge is 0.488 e. The van der Waals surface area contributed by atoms with Crippen LogP contribution in [-0.4, -0.2) is 14.5 Å². The van der Waals surface area contributed by atoms with Gasteiger partial charge in [0.05, 0.1) is 12.6 Å². The smallest absolute Gasteiger partial charge is 0.160 e. The van der Waals surface area contributed by atoms with Crippen LogP contribution in [0.25, 0.3) is 16.7 Å². The molecule has 0 radical (unpaired) electrons. The Morgan fingerprint density at radius 3 is 2.87 bits per heavy atom. The zero-order valence-corrected chi connectivity index (χ0v) is 17.6. The first-order valence-electron chi connectivity index (χ1n) is 10.4. The number of imidazole rings is 1. The molecule has 0 amide bonds. The number of fused-ring (bicyclic) bond motifs is 3. The molecule has 0 saturated carbocycles. The fourth-order valence-corrected chi connectivity index (χ4v) is 4.24. The molecule has 5 nitrogen and oxygen atoms in total. The van der Waals surface area contributed by atoms with Gasteiger partial charge in [0, 0.05) is 29.8 Å². The highest BCUT2D eigenvalue weighted by Gasteiger charge is 2.20. The molecular weight excluding hydrogens is 384 g/mol. The van der Waals surface area contributed by atoms with Gasteiger partial charge < -0.3 is 9.30 Å². The van der Waals surface area contributed by atoms with Gasteiger partial charge in [-0.25, -0.2) is 9.97 Å². The predicted molar refractivity (Wildman–Crippen MR) is 121 cm³/mol. The molecular formula is C26H22N4O. The average Bonchev–Trinajstić information content (AvgIpc) is 3.07. The number of rotatable bonds is 3. The maximum Gasteiger partial charge on any atom is 0.160 e. The standard InChI is InChI=1S/C26H22N4O/c1-3-24-29-25-17(2)11-13-28-26(25)30(24)15-18-8-9-22-21(10-12-27)20-7-5-4-6-19(20)16-31-23(22)14-18/h4-11,13-14H,3,15-16H2,1-2H3/b21-10+. The van der Waals surface area contributed by atoms with E-state index in [0.717, 1.165) is 62.5 Å². The Morgan fingerprint density at radius 1 is 1.16 bits per heavy atom. The Labute approximate surface area is 181 Å². The van der Waals surface area contributed by atoms with E-state index in [4.69, 9.17) is 9.72 Å². The van der Waals surface area contributed by atoms with Crippen LogP contribution in [0.4, 0.5) is 0 Å². The molecule has 0 aliphatic carbocycles.